The molecule has 0 aromatic carbocycles. The van der Waals surface area contributed by atoms with E-state index in [4.69, 9.17) is 4.74 Å². The highest BCUT2D eigenvalue weighted by Crippen LogP contribution is 2.15. The fraction of sp³-hybridized carbons (Fsp3) is 0.538. The molecule has 98 valence electrons. The first-order valence-electron chi connectivity index (χ1n) is 6.18. The van der Waals surface area contributed by atoms with Gasteiger partial charge in [0.05, 0.1) is 24.3 Å². The summed E-state index contributed by atoms with van der Waals surface area (Å²) in [5.41, 5.74) is 0.620. The van der Waals surface area contributed by atoms with E-state index in [0.29, 0.717) is 18.7 Å². The van der Waals surface area contributed by atoms with E-state index in [1.807, 2.05) is 24.8 Å². The lowest BCUT2D eigenvalue weighted by Crippen LogP contribution is -2.50. The lowest BCUT2D eigenvalue weighted by Gasteiger charge is -2.36. The molecule has 2 unspecified atom stereocenters. The number of amides is 1. The number of pyridine rings is 1. The Hall–Kier alpha value is -1.62. The van der Waals surface area contributed by atoms with Crippen LogP contribution < -0.4 is 5.32 Å². The Bertz CT molecular complexity index is 419. The third kappa shape index (κ3) is 2.61. The highest BCUT2D eigenvalue weighted by atomic mass is 16.5. The number of rotatable bonds is 2. The molecule has 5 heteroatoms. The van der Waals surface area contributed by atoms with Gasteiger partial charge in [0, 0.05) is 19.8 Å². The lowest BCUT2D eigenvalue weighted by atomic mass is 10.1. The van der Waals surface area contributed by atoms with Gasteiger partial charge in [-0.2, -0.15) is 0 Å². The van der Waals surface area contributed by atoms with Gasteiger partial charge in [0.15, 0.2) is 0 Å². The molecule has 1 aromatic rings. The fourth-order valence-electron chi connectivity index (χ4n) is 2.02. The van der Waals surface area contributed by atoms with Crippen LogP contribution in [0.3, 0.4) is 0 Å². The topological polar surface area (TPSA) is 54.5 Å². The standard InChI is InChI=1S/C13H19N3O2/c1-9-8-18-10(2)7-16(9)13(17)11-4-5-12(14-3)15-6-11/h4-6,9-10H,7-8H2,1-3H3,(H,14,15). The highest BCUT2D eigenvalue weighted by molar-refractivity contribution is 5.94. The molecule has 5 nitrogen and oxygen atoms in total. The Morgan fingerprint density at radius 1 is 1.50 bits per heavy atom. The smallest absolute Gasteiger partial charge is 0.255 e. The minimum absolute atomic E-state index is 0.0211. The first-order valence-corrected chi connectivity index (χ1v) is 6.18. The van der Waals surface area contributed by atoms with Gasteiger partial charge in [0.25, 0.3) is 5.91 Å². The maximum Gasteiger partial charge on any atom is 0.255 e. The Labute approximate surface area is 107 Å². The molecule has 2 heterocycles. The molecule has 1 aliphatic heterocycles. The summed E-state index contributed by atoms with van der Waals surface area (Å²) in [7, 11) is 1.80. The number of carbonyl (C=O) groups excluding carboxylic acids is 1. The van der Waals surface area contributed by atoms with Crippen molar-refractivity contribution in [2.45, 2.75) is 26.0 Å². The molecule has 2 rings (SSSR count). The number of carbonyl (C=O) groups is 1. The fourth-order valence-corrected chi connectivity index (χ4v) is 2.02. The molecule has 1 fully saturated rings. The first kappa shape index (κ1) is 12.8. The average molecular weight is 249 g/mol. The van der Waals surface area contributed by atoms with Crippen LogP contribution in [-0.4, -0.2) is 48.1 Å². The number of aromatic nitrogens is 1. The van der Waals surface area contributed by atoms with E-state index in [0.717, 1.165) is 5.82 Å². The van der Waals surface area contributed by atoms with Gasteiger partial charge in [-0.15, -0.1) is 0 Å². The Kier molecular flexibility index (Phi) is 3.81. The number of ether oxygens (including phenoxy) is 1. The molecule has 0 bridgehead atoms. The lowest BCUT2D eigenvalue weighted by molar-refractivity contribution is -0.0387. The van der Waals surface area contributed by atoms with Crippen molar-refractivity contribution in [3.8, 4) is 0 Å². The summed E-state index contributed by atoms with van der Waals surface area (Å²) >= 11 is 0. The number of hydrogen-bond donors (Lipinski definition) is 1. The summed E-state index contributed by atoms with van der Waals surface area (Å²) in [6, 6.07) is 3.72. The number of anilines is 1. The van der Waals surface area contributed by atoms with Gasteiger partial charge >= 0.3 is 0 Å². The minimum Gasteiger partial charge on any atom is -0.375 e. The van der Waals surface area contributed by atoms with E-state index in [9.17, 15) is 4.79 Å². The van der Waals surface area contributed by atoms with Crippen LogP contribution in [-0.2, 0) is 4.74 Å². The van der Waals surface area contributed by atoms with Crippen LogP contribution in [0.5, 0.6) is 0 Å². The van der Waals surface area contributed by atoms with Gasteiger partial charge in [-0.1, -0.05) is 0 Å². The molecule has 1 aromatic heterocycles. The van der Waals surface area contributed by atoms with E-state index in [2.05, 4.69) is 10.3 Å². The predicted octanol–water partition coefficient (Wildman–Crippen LogP) is 1.37. The number of nitrogens with zero attached hydrogens (tertiary/aromatic N) is 2. The second-order valence-corrected chi connectivity index (χ2v) is 4.63. The van der Waals surface area contributed by atoms with Crippen molar-refractivity contribution in [3.05, 3.63) is 23.9 Å². The number of morpholine rings is 1. The molecule has 1 saturated heterocycles. The zero-order valence-corrected chi connectivity index (χ0v) is 11.0. The predicted molar refractivity (Wildman–Crippen MR) is 69.7 cm³/mol. The minimum atomic E-state index is 0.0211. The summed E-state index contributed by atoms with van der Waals surface area (Å²) in [4.78, 5) is 18.4. The zero-order valence-electron chi connectivity index (χ0n) is 11.0. The van der Waals surface area contributed by atoms with Gasteiger partial charge in [-0.05, 0) is 26.0 Å². The van der Waals surface area contributed by atoms with Crippen molar-refractivity contribution < 1.29 is 9.53 Å². The van der Waals surface area contributed by atoms with E-state index >= 15 is 0 Å². The molecular formula is C13H19N3O2. The molecule has 0 spiro atoms. The van der Waals surface area contributed by atoms with Crippen molar-refractivity contribution in [2.24, 2.45) is 0 Å². The quantitative estimate of drug-likeness (QED) is 0.860. The summed E-state index contributed by atoms with van der Waals surface area (Å²) in [5.74, 6) is 0.780. The molecule has 0 aliphatic carbocycles. The molecule has 1 N–H and O–H groups in total. The summed E-state index contributed by atoms with van der Waals surface area (Å²) in [6.07, 6.45) is 1.70. The third-order valence-corrected chi connectivity index (χ3v) is 3.14. The van der Waals surface area contributed by atoms with Gasteiger partial charge < -0.3 is 15.0 Å². The van der Waals surface area contributed by atoms with E-state index < -0.39 is 0 Å². The summed E-state index contributed by atoms with van der Waals surface area (Å²) in [6.45, 7) is 5.20. The number of hydrogen-bond acceptors (Lipinski definition) is 4. The number of nitrogens with one attached hydrogen (secondary N) is 1. The van der Waals surface area contributed by atoms with Gasteiger partial charge in [-0.3, -0.25) is 4.79 Å². The van der Waals surface area contributed by atoms with Crippen molar-refractivity contribution >= 4 is 11.7 Å². The maximum atomic E-state index is 12.4. The average Bonchev–Trinajstić information content (AvgIpc) is 2.41. The first-order chi connectivity index (χ1) is 8.61. The van der Waals surface area contributed by atoms with E-state index in [1.165, 1.54) is 0 Å². The largest absolute Gasteiger partial charge is 0.375 e. The molecule has 1 amide bonds. The molecular weight excluding hydrogens is 230 g/mol. The van der Waals surface area contributed by atoms with E-state index in [-0.39, 0.29) is 18.1 Å². The normalized spacial score (nSPS) is 23.8. The Morgan fingerprint density at radius 2 is 2.28 bits per heavy atom. The monoisotopic (exact) mass is 249 g/mol. The summed E-state index contributed by atoms with van der Waals surface area (Å²) in [5, 5.41) is 2.93. The van der Waals surface area contributed by atoms with Crippen molar-refractivity contribution in [3.63, 3.8) is 0 Å². The van der Waals surface area contributed by atoms with Crippen molar-refractivity contribution in [1.82, 2.24) is 9.88 Å². The van der Waals surface area contributed by atoms with Crippen molar-refractivity contribution in [2.75, 3.05) is 25.5 Å². The van der Waals surface area contributed by atoms with Crippen molar-refractivity contribution in [1.29, 1.82) is 0 Å². The van der Waals surface area contributed by atoms with Crippen LogP contribution in [0.15, 0.2) is 18.3 Å². The van der Waals surface area contributed by atoms with Crippen LogP contribution in [0.2, 0.25) is 0 Å². The zero-order chi connectivity index (χ0) is 13.1. The Morgan fingerprint density at radius 3 is 2.89 bits per heavy atom. The molecule has 2 atom stereocenters. The molecule has 0 saturated carbocycles. The van der Waals surface area contributed by atoms with Crippen LogP contribution in [0.25, 0.3) is 0 Å². The third-order valence-electron chi connectivity index (χ3n) is 3.14. The second kappa shape index (κ2) is 5.35. The SMILES string of the molecule is CNc1ccc(C(=O)N2CC(C)OCC2C)cn1. The molecule has 0 radical (unpaired) electrons. The van der Waals surface area contributed by atoms with Crippen LogP contribution in [0.4, 0.5) is 5.82 Å². The van der Waals surface area contributed by atoms with Gasteiger partial charge in [0.2, 0.25) is 0 Å². The molecule has 1 aliphatic rings. The van der Waals surface area contributed by atoms with E-state index in [1.54, 1.807) is 19.3 Å². The van der Waals surface area contributed by atoms with Gasteiger partial charge in [-0.25, -0.2) is 4.98 Å². The van der Waals surface area contributed by atoms with Crippen LogP contribution in [0, 0.1) is 0 Å². The Balaban J connectivity index is 2.13. The molecule has 18 heavy (non-hydrogen) atoms. The maximum absolute atomic E-state index is 12.4. The van der Waals surface area contributed by atoms with Crippen LogP contribution in [0.1, 0.15) is 24.2 Å². The second-order valence-electron chi connectivity index (χ2n) is 4.63. The van der Waals surface area contributed by atoms with Gasteiger partial charge in [0.1, 0.15) is 5.82 Å². The van der Waals surface area contributed by atoms with Crippen LogP contribution >= 0.6 is 0 Å². The highest BCUT2D eigenvalue weighted by Gasteiger charge is 2.28. The summed E-state index contributed by atoms with van der Waals surface area (Å²) < 4.78 is 5.52.